The van der Waals surface area contributed by atoms with Crippen LogP contribution in [0, 0.1) is 0 Å². The normalized spacial score (nSPS) is 22.4. The van der Waals surface area contributed by atoms with Crippen molar-refractivity contribution >= 4 is 56.1 Å². The van der Waals surface area contributed by atoms with Crippen LogP contribution >= 0.6 is 23.4 Å². The van der Waals surface area contributed by atoms with Gasteiger partial charge in [-0.15, -0.1) is 0 Å². The lowest BCUT2D eigenvalue weighted by atomic mass is 10.2. The van der Waals surface area contributed by atoms with E-state index in [0.29, 0.717) is 27.4 Å². The molecule has 3 rings (SSSR count). The first kappa shape index (κ1) is 26.4. The number of hydrogen-bond acceptors (Lipinski definition) is 8. The minimum absolute atomic E-state index is 0.0154. The predicted molar refractivity (Wildman–Crippen MR) is 132 cm³/mol. The molecule has 2 heterocycles. The number of carbonyl (C=O) groups is 2. The van der Waals surface area contributed by atoms with Crippen molar-refractivity contribution in [1.29, 1.82) is 0 Å². The fraction of sp³-hybridized carbons (Fsp3) is 0.571. The minimum Gasteiger partial charge on any atom is -0.495 e. The number of sulfone groups is 1. The molecule has 13 heteroatoms. The fourth-order valence-corrected chi connectivity index (χ4v) is 7.79. The van der Waals surface area contributed by atoms with E-state index in [1.54, 1.807) is 37.8 Å². The highest BCUT2D eigenvalue weighted by Crippen LogP contribution is 2.46. The van der Waals surface area contributed by atoms with E-state index in [0.717, 1.165) is 0 Å². The van der Waals surface area contributed by atoms with Crippen LogP contribution in [0.3, 0.4) is 0 Å². The highest BCUT2D eigenvalue weighted by Gasteiger charge is 2.50. The summed E-state index contributed by atoms with van der Waals surface area (Å²) >= 11 is 7.57. The molecule has 0 saturated carbocycles. The summed E-state index contributed by atoms with van der Waals surface area (Å²) in [7, 11) is -0.292. The number of alkyl carbamates (subject to hydrolysis) is 1. The number of amidine groups is 1. The third kappa shape index (κ3) is 6.28. The Morgan fingerprint density at radius 2 is 1.88 bits per heavy atom. The molecule has 0 aromatic heterocycles. The van der Waals surface area contributed by atoms with E-state index in [4.69, 9.17) is 25.8 Å². The third-order valence-corrected chi connectivity index (χ3v) is 8.51. The molecule has 34 heavy (non-hydrogen) atoms. The van der Waals surface area contributed by atoms with Crippen molar-refractivity contribution in [3.8, 4) is 11.5 Å². The summed E-state index contributed by atoms with van der Waals surface area (Å²) < 4.78 is 40.5. The molecule has 1 N–H and O–H groups in total. The molecule has 2 unspecified atom stereocenters. The number of benzene rings is 1. The van der Waals surface area contributed by atoms with Crippen molar-refractivity contribution in [2.75, 3.05) is 37.2 Å². The number of aliphatic imine (C=N–C) groups is 1. The molecular formula is C21H28ClN3O7S2. The van der Waals surface area contributed by atoms with Gasteiger partial charge >= 0.3 is 6.09 Å². The lowest BCUT2D eigenvalue weighted by Crippen LogP contribution is -2.38. The lowest BCUT2D eigenvalue weighted by molar-refractivity contribution is -0.117. The van der Waals surface area contributed by atoms with Crippen molar-refractivity contribution < 1.29 is 32.2 Å². The van der Waals surface area contributed by atoms with Gasteiger partial charge < -0.3 is 24.4 Å². The van der Waals surface area contributed by atoms with Crippen LogP contribution in [0.25, 0.3) is 0 Å². The van der Waals surface area contributed by atoms with Gasteiger partial charge in [-0.25, -0.2) is 13.2 Å². The van der Waals surface area contributed by atoms with Gasteiger partial charge in [-0.3, -0.25) is 4.79 Å². The summed E-state index contributed by atoms with van der Waals surface area (Å²) in [6.07, 6.45) is -0.673. The molecule has 2 fully saturated rings. The van der Waals surface area contributed by atoms with Crippen LogP contribution in [0.1, 0.15) is 27.2 Å². The molecule has 2 atom stereocenters. The number of anilines is 1. The van der Waals surface area contributed by atoms with Gasteiger partial charge in [0.05, 0.1) is 42.5 Å². The van der Waals surface area contributed by atoms with Crippen LogP contribution in [-0.2, 0) is 19.4 Å². The van der Waals surface area contributed by atoms with Gasteiger partial charge in [0.25, 0.3) is 0 Å². The molecule has 0 bridgehead atoms. The number of thioether (sulfide) groups is 1. The van der Waals surface area contributed by atoms with E-state index in [1.165, 1.54) is 26.0 Å². The summed E-state index contributed by atoms with van der Waals surface area (Å²) in [5, 5.41) is 2.89. The Bertz CT molecular complexity index is 1100. The monoisotopic (exact) mass is 533 g/mol. The number of hydrogen-bond donors (Lipinski definition) is 1. The molecular weight excluding hydrogens is 506 g/mol. The molecule has 1 aromatic carbocycles. The standard InChI is InChI=1S/C21H28ClN3O7S2/c1-21(2,3)32-20(27)23-7-6-18(26)24-19-25(14-10-34(28,29)11-17(14)33-19)13-8-12(22)15(30-4)9-16(13)31-5/h8-9,14,17H,6-7,10-11H2,1-5H3,(H,23,27). The second kappa shape index (κ2) is 10.2. The molecule has 0 spiro atoms. The zero-order chi connectivity index (χ0) is 25.3. The van der Waals surface area contributed by atoms with Crippen molar-refractivity contribution in [2.24, 2.45) is 4.99 Å². The number of amides is 2. The predicted octanol–water partition coefficient (Wildman–Crippen LogP) is 2.87. The van der Waals surface area contributed by atoms with Crippen LogP contribution in [0.5, 0.6) is 11.5 Å². The van der Waals surface area contributed by atoms with Crippen molar-refractivity contribution in [1.82, 2.24) is 5.32 Å². The Balaban J connectivity index is 1.84. The first-order valence-electron chi connectivity index (χ1n) is 10.5. The summed E-state index contributed by atoms with van der Waals surface area (Å²) in [6, 6.07) is 2.78. The number of nitrogens with zero attached hydrogens (tertiary/aromatic N) is 2. The minimum atomic E-state index is -3.24. The van der Waals surface area contributed by atoms with E-state index in [1.807, 2.05) is 0 Å². The van der Waals surface area contributed by atoms with Gasteiger partial charge in [-0.05, 0) is 26.8 Å². The number of rotatable bonds is 6. The average Bonchev–Trinajstić information content (AvgIpc) is 3.16. The Hall–Kier alpha value is -2.18. The van der Waals surface area contributed by atoms with Crippen LogP contribution in [0.2, 0.25) is 5.02 Å². The van der Waals surface area contributed by atoms with Gasteiger partial charge in [0.2, 0.25) is 5.91 Å². The number of fused-ring (bicyclic) bond motifs is 1. The number of methoxy groups -OCH3 is 2. The van der Waals surface area contributed by atoms with Gasteiger partial charge in [-0.2, -0.15) is 4.99 Å². The average molecular weight is 534 g/mol. The number of nitrogens with one attached hydrogen (secondary N) is 1. The van der Waals surface area contributed by atoms with E-state index < -0.39 is 33.5 Å². The maximum absolute atomic E-state index is 12.6. The summed E-state index contributed by atoms with van der Waals surface area (Å²) in [5.74, 6) is 0.236. The summed E-state index contributed by atoms with van der Waals surface area (Å²) in [6.45, 7) is 5.28. The first-order chi connectivity index (χ1) is 15.8. The molecule has 2 aliphatic rings. The smallest absolute Gasteiger partial charge is 0.407 e. The van der Waals surface area contributed by atoms with E-state index in [-0.39, 0.29) is 29.7 Å². The molecule has 2 saturated heterocycles. The Labute approximate surface area is 208 Å². The van der Waals surface area contributed by atoms with Crippen molar-refractivity contribution in [3.63, 3.8) is 0 Å². The van der Waals surface area contributed by atoms with Crippen LogP contribution < -0.4 is 19.7 Å². The first-order valence-corrected chi connectivity index (χ1v) is 13.6. The molecule has 10 nitrogen and oxygen atoms in total. The molecule has 2 aliphatic heterocycles. The molecule has 0 radical (unpaired) electrons. The van der Waals surface area contributed by atoms with Crippen molar-refractivity contribution in [2.45, 2.75) is 44.1 Å². The number of halogens is 1. The van der Waals surface area contributed by atoms with Crippen LogP contribution in [0.15, 0.2) is 17.1 Å². The molecule has 2 amide bonds. The lowest BCUT2D eigenvalue weighted by Gasteiger charge is -2.27. The van der Waals surface area contributed by atoms with E-state index in [2.05, 4.69) is 10.3 Å². The van der Waals surface area contributed by atoms with E-state index >= 15 is 0 Å². The van der Waals surface area contributed by atoms with Crippen LogP contribution in [-0.4, -0.2) is 74.7 Å². The maximum Gasteiger partial charge on any atom is 0.407 e. The second-order valence-corrected chi connectivity index (χ2v) is 12.6. The second-order valence-electron chi connectivity index (χ2n) is 8.80. The maximum atomic E-state index is 12.6. The number of ether oxygens (including phenoxy) is 3. The highest BCUT2D eigenvalue weighted by molar-refractivity contribution is 8.16. The van der Waals surface area contributed by atoms with Gasteiger partial charge in [-0.1, -0.05) is 23.4 Å². The molecule has 188 valence electrons. The molecule has 0 aliphatic carbocycles. The quantitative estimate of drug-likeness (QED) is 0.587. The fourth-order valence-electron chi connectivity index (χ4n) is 3.63. The highest BCUT2D eigenvalue weighted by atomic mass is 35.5. The third-order valence-electron chi connectivity index (χ3n) is 5.01. The Kier molecular flexibility index (Phi) is 7.93. The number of carbonyl (C=O) groups excluding carboxylic acids is 2. The Morgan fingerprint density at radius 1 is 1.21 bits per heavy atom. The Morgan fingerprint density at radius 3 is 2.50 bits per heavy atom. The van der Waals surface area contributed by atoms with Gasteiger partial charge in [0.15, 0.2) is 15.0 Å². The molecule has 1 aromatic rings. The van der Waals surface area contributed by atoms with Gasteiger partial charge in [0, 0.05) is 24.3 Å². The zero-order valence-corrected chi connectivity index (χ0v) is 22.0. The summed E-state index contributed by atoms with van der Waals surface area (Å²) in [4.78, 5) is 30.3. The van der Waals surface area contributed by atoms with Gasteiger partial charge in [0.1, 0.15) is 17.1 Å². The van der Waals surface area contributed by atoms with E-state index in [9.17, 15) is 18.0 Å². The van der Waals surface area contributed by atoms with Crippen LogP contribution in [0.4, 0.5) is 10.5 Å². The zero-order valence-electron chi connectivity index (χ0n) is 19.6. The topological polar surface area (TPSA) is 124 Å². The summed E-state index contributed by atoms with van der Waals surface area (Å²) in [5.41, 5.74) is -0.157. The largest absolute Gasteiger partial charge is 0.495 e. The SMILES string of the molecule is COc1cc(OC)c(N2C(=NC(=O)CCNC(=O)OC(C)(C)C)SC3CS(=O)(=O)CC32)cc1Cl. The van der Waals surface area contributed by atoms with Crippen molar-refractivity contribution in [3.05, 3.63) is 17.2 Å².